The van der Waals surface area contributed by atoms with Gasteiger partial charge in [0.25, 0.3) is 0 Å². The van der Waals surface area contributed by atoms with E-state index in [1.165, 1.54) is 0 Å². The largest absolute Gasteiger partial charge is 0.487 e. The van der Waals surface area contributed by atoms with Gasteiger partial charge in [0.1, 0.15) is 11.9 Å². The maximum Gasteiger partial charge on any atom is 0.194 e. The SMILES string of the molecule is CCNC(=NCC(C)Oc1ccccc1Cl)N1CCS(=O)(=O)C(C)(C)C1. The first kappa shape index (κ1) is 20.8. The smallest absolute Gasteiger partial charge is 0.194 e. The van der Waals surface area contributed by atoms with E-state index in [0.717, 1.165) is 0 Å². The van der Waals surface area contributed by atoms with Gasteiger partial charge in [0.15, 0.2) is 15.8 Å². The standard InChI is InChI=1S/C18H28ClN3O3S/c1-5-20-17(22-10-11-26(23,24)18(3,4)13-22)21-12-14(2)25-16-9-7-6-8-15(16)19/h6-9,14H,5,10-13H2,1-4H3,(H,20,21). The number of nitrogens with zero attached hydrogens (tertiary/aromatic N) is 2. The Morgan fingerprint density at radius 1 is 1.42 bits per heavy atom. The van der Waals surface area contributed by atoms with E-state index in [1.807, 2.05) is 36.9 Å². The normalized spacial score (nSPS) is 20.5. The molecule has 1 saturated heterocycles. The van der Waals surface area contributed by atoms with Crippen LogP contribution < -0.4 is 10.1 Å². The number of hydrogen-bond acceptors (Lipinski definition) is 4. The fourth-order valence-corrected chi connectivity index (χ4v) is 4.31. The number of para-hydroxylation sites is 1. The van der Waals surface area contributed by atoms with Crippen molar-refractivity contribution in [3.63, 3.8) is 0 Å². The molecule has 26 heavy (non-hydrogen) atoms. The van der Waals surface area contributed by atoms with Crippen molar-refractivity contribution in [1.82, 2.24) is 10.2 Å². The lowest BCUT2D eigenvalue weighted by Crippen LogP contribution is -2.57. The third kappa shape index (κ3) is 5.04. The predicted octanol–water partition coefficient (Wildman–Crippen LogP) is 2.58. The van der Waals surface area contributed by atoms with Gasteiger partial charge < -0.3 is 15.0 Å². The van der Waals surface area contributed by atoms with Crippen LogP contribution in [0.5, 0.6) is 5.75 Å². The van der Waals surface area contributed by atoms with Crippen molar-refractivity contribution in [3.8, 4) is 5.75 Å². The number of rotatable bonds is 5. The molecule has 0 bridgehead atoms. The summed E-state index contributed by atoms with van der Waals surface area (Å²) in [6.07, 6.45) is -0.162. The molecule has 0 aromatic heterocycles. The molecule has 6 nitrogen and oxygen atoms in total. The van der Waals surface area contributed by atoms with Gasteiger partial charge in [-0.05, 0) is 39.8 Å². The Bertz CT molecular complexity index is 750. The molecule has 8 heteroatoms. The Morgan fingerprint density at radius 3 is 2.73 bits per heavy atom. The lowest BCUT2D eigenvalue weighted by Gasteiger charge is -2.39. The van der Waals surface area contributed by atoms with Crippen LogP contribution in [0.15, 0.2) is 29.3 Å². The van der Waals surface area contributed by atoms with Crippen molar-refractivity contribution < 1.29 is 13.2 Å². The van der Waals surface area contributed by atoms with E-state index in [2.05, 4.69) is 10.3 Å². The van der Waals surface area contributed by atoms with E-state index in [9.17, 15) is 8.42 Å². The van der Waals surface area contributed by atoms with Gasteiger partial charge in [-0.3, -0.25) is 0 Å². The van der Waals surface area contributed by atoms with Crippen LogP contribution in [-0.2, 0) is 9.84 Å². The molecule has 0 spiro atoms. The number of halogens is 1. The number of aliphatic imine (C=N–C) groups is 1. The van der Waals surface area contributed by atoms with E-state index in [1.54, 1.807) is 19.9 Å². The molecule has 0 aliphatic carbocycles. The fourth-order valence-electron chi connectivity index (χ4n) is 2.76. The minimum absolute atomic E-state index is 0.135. The van der Waals surface area contributed by atoms with Gasteiger partial charge in [0, 0.05) is 19.6 Å². The Hall–Kier alpha value is -1.47. The first-order chi connectivity index (χ1) is 12.2. The van der Waals surface area contributed by atoms with Gasteiger partial charge >= 0.3 is 0 Å². The van der Waals surface area contributed by atoms with Crippen LogP contribution in [0.1, 0.15) is 27.7 Å². The van der Waals surface area contributed by atoms with E-state index in [0.29, 0.717) is 42.9 Å². The highest BCUT2D eigenvalue weighted by Crippen LogP contribution is 2.25. The Balaban J connectivity index is 2.06. The average molecular weight is 402 g/mol. The van der Waals surface area contributed by atoms with Crippen LogP contribution in [0, 0.1) is 0 Å². The number of benzene rings is 1. The average Bonchev–Trinajstić information content (AvgIpc) is 2.56. The minimum atomic E-state index is -3.08. The molecular formula is C18H28ClN3O3S. The molecule has 1 unspecified atom stereocenters. The second-order valence-electron chi connectivity index (χ2n) is 7.05. The van der Waals surface area contributed by atoms with Gasteiger partial charge in [-0.1, -0.05) is 23.7 Å². The topological polar surface area (TPSA) is 71.0 Å². The molecule has 1 aromatic rings. The van der Waals surface area contributed by atoms with Crippen molar-refractivity contribution in [2.75, 3.05) is 31.9 Å². The van der Waals surface area contributed by atoms with Crippen LogP contribution in [0.4, 0.5) is 0 Å². The predicted molar refractivity (Wildman–Crippen MR) is 107 cm³/mol. The summed E-state index contributed by atoms with van der Waals surface area (Å²) in [5.74, 6) is 1.48. The van der Waals surface area contributed by atoms with Crippen molar-refractivity contribution in [2.45, 2.75) is 38.5 Å². The van der Waals surface area contributed by atoms with Crippen LogP contribution in [-0.4, -0.2) is 62.1 Å². The number of sulfone groups is 1. The van der Waals surface area contributed by atoms with Crippen molar-refractivity contribution in [3.05, 3.63) is 29.3 Å². The van der Waals surface area contributed by atoms with Crippen LogP contribution >= 0.6 is 11.6 Å². The summed E-state index contributed by atoms with van der Waals surface area (Å²) in [6.45, 7) is 9.46. The summed E-state index contributed by atoms with van der Waals surface area (Å²) in [5, 5.41) is 3.82. The third-order valence-corrected chi connectivity index (χ3v) is 7.19. The summed E-state index contributed by atoms with van der Waals surface area (Å²) in [5.41, 5.74) is 0. The molecule has 1 fully saturated rings. The van der Waals surface area contributed by atoms with Crippen molar-refractivity contribution in [1.29, 1.82) is 0 Å². The molecule has 0 amide bonds. The Kier molecular flexibility index (Phi) is 6.80. The molecule has 0 saturated carbocycles. The van der Waals surface area contributed by atoms with Gasteiger partial charge in [-0.25, -0.2) is 13.4 Å². The van der Waals surface area contributed by atoms with Crippen LogP contribution in [0.3, 0.4) is 0 Å². The van der Waals surface area contributed by atoms with Crippen molar-refractivity contribution in [2.24, 2.45) is 4.99 Å². The summed E-state index contributed by atoms with van der Waals surface area (Å²) < 4.78 is 29.5. The van der Waals surface area contributed by atoms with E-state index >= 15 is 0 Å². The molecule has 146 valence electrons. The zero-order chi connectivity index (χ0) is 19.4. The quantitative estimate of drug-likeness (QED) is 0.606. The molecule has 0 radical (unpaired) electrons. The van der Waals surface area contributed by atoms with Crippen molar-refractivity contribution >= 4 is 27.4 Å². The third-order valence-electron chi connectivity index (χ3n) is 4.34. The second-order valence-corrected chi connectivity index (χ2v) is 10.2. The minimum Gasteiger partial charge on any atom is -0.487 e. The zero-order valence-corrected chi connectivity index (χ0v) is 17.4. The molecular weight excluding hydrogens is 374 g/mol. The molecule has 1 atom stereocenters. The summed E-state index contributed by atoms with van der Waals surface area (Å²) in [6, 6.07) is 7.34. The lowest BCUT2D eigenvalue weighted by atomic mass is 10.2. The highest BCUT2D eigenvalue weighted by Gasteiger charge is 2.40. The van der Waals surface area contributed by atoms with E-state index in [-0.39, 0.29) is 11.9 Å². The van der Waals surface area contributed by atoms with Gasteiger partial charge in [-0.2, -0.15) is 0 Å². The van der Waals surface area contributed by atoms with E-state index < -0.39 is 14.6 Å². The molecule has 1 N–H and O–H groups in total. The summed E-state index contributed by atoms with van der Waals surface area (Å²) in [7, 11) is -3.08. The van der Waals surface area contributed by atoms with Crippen LogP contribution in [0.2, 0.25) is 5.02 Å². The number of nitrogens with one attached hydrogen (secondary N) is 1. The highest BCUT2D eigenvalue weighted by atomic mass is 35.5. The summed E-state index contributed by atoms with van der Waals surface area (Å²) in [4.78, 5) is 6.65. The number of hydrogen-bond donors (Lipinski definition) is 1. The molecule has 1 heterocycles. The first-order valence-corrected chi connectivity index (χ1v) is 10.9. The van der Waals surface area contributed by atoms with E-state index in [4.69, 9.17) is 16.3 Å². The Morgan fingerprint density at radius 2 is 2.12 bits per heavy atom. The van der Waals surface area contributed by atoms with Gasteiger partial charge in [0.2, 0.25) is 0 Å². The zero-order valence-electron chi connectivity index (χ0n) is 15.8. The second kappa shape index (κ2) is 8.48. The number of guanidine groups is 1. The molecule has 1 aliphatic heterocycles. The highest BCUT2D eigenvalue weighted by molar-refractivity contribution is 7.92. The first-order valence-electron chi connectivity index (χ1n) is 8.83. The van der Waals surface area contributed by atoms with Gasteiger partial charge in [0.05, 0.1) is 22.1 Å². The molecule has 2 rings (SSSR count). The maximum atomic E-state index is 12.2. The maximum absolute atomic E-state index is 12.2. The van der Waals surface area contributed by atoms with Gasteiger partial charge in [-0.15, -0.1) is 0 Å². The Labute approximate surface area is 161 Å². The summed E-state index contributed by atoms with van der Waals surface area (Å²) >= 11 is 6.12. The molecule has 1 aliphatic rings. The fraction of sp³-hybridized carbons (Fsp3) is 0.611. The van der Waals surface area contributed by atoms with Crippen LogP contribution in [0.25, 0.3) is 0 Å². The lowest BCUT2D eigenvalue weighted by molar-refractivity contribution is 0.229. The monoisotopic (exact) mass is 401 g/mol. The number of ether oxygens (including phenoxy) is 1. The molecule has 1 aromatic carbocycles.